The molecule has 1 aromatic carbocycles. The van der Waals surface area contributed by atoms with E-state index in [1.807, 2.05) is 24.3 Å². The second kappa shape index (κ2) is 4.21. The number of carbonyl (C=O) groups is 1. The lowest BCUT2D eigenvalue weighted by atomic mass is 10.2. The summed E-state index contributed by atoms with van der Waals surface area (Å²) in [7, 11) is 0. The molecule has 1 saturated carbocycles. The molecule has 0 bridgehead atoms. The maximum atomic E-state index is 11.8. The first-order valence-electron chi connectivity index (χ1n) is 5.88. The lowest BCUT2D eigenvalue weighted by Crippen LogP contribution is -2.14. The average Bonchev–Trinajstić information content (AvgIpc) is 2.91. The van der Waals surface area contributed by atoms with Gasteiger partial charge in [-0.25, -0.2) is 4.68 Å². The summed E-state index contributed by atoms with van der Waals surface area (Å²) in [6.45, 7) is 2.09. The Balaban J connectivity index is 1.69. The minimum Gasteiger partial charge on any atom is -0.326 e. The Kier molecular flexibility index (Phi) is 2.55. The predicted molar refractivity (Wildman–Crippen MR) is 65.1 cm³/mol. The van der Waals surface area contributed by atoms with Gasteiger partial charge in [0.2, 0.25) is 5.91 Å². The van der Waals surface area contributed by atoms with Crippen LogP contribution in [0.5, 0.6) is 0 Å². The van der Waals surface area contributed by atoms with Crippen molar-refractivity contribution in [3.63, 3.8) is 0 Å². The minimum atomic E-state index is 0.109. The summed E-state index contributed by atoms with van der Waals surface area (Å²) in [5.41, 5.74) is 1.66. The molecular weight excluding hydrogens is 230 g/mol. The summed E-state index contributed by atoms with van der Waals surface area (Å²) >= 11 is 0. The number of carbonyl (C=O) groups excluding carboxylic acids is 1. The highest BCUT2D eigenvalue weighted by molar-refractivity contribution is 5.94. The third-order valence-corrected chi connectivity index (χ3v) is 3.19. The van der Waals surface area contributed by atoms with Crippen molar-refractivity contribution >= 4 is 11.6 Å². The maximum Gasteiger partial charge on any atom is 0.227 e. The summed E-state index contributed by atoms with van der Waals surface area (Å²) < 4.78 is 1.56. The van der Waals surface area contributed by atoms with Crippen LogP contribution in [0.1, 0.15) is 13.3 Å². The maximum absolute atomic E-state index is 11.8. The van der Waals surface area contributed by atoms with Crippen LogP contribution in [0.15, 0.2) is 30.6 Å². The molecule has 6 heteroatoms. The normalized spacial score (nSPS) is 21.6. The van der Waals surface area contributed by atoms with Gasteiger partial charge in [0.05, 0.1) is 5.69 Å². The van der Waals surface area contributed by atoms with Crippen molar-refractivity contribution < 1.29 is 4.79 Å². The minimum absolute atomic E-state index is 0.109. The van der Waals surface area contributed by atoms with E-state index >= 15 is 0 Å². The van der Waals surface area contributed by atoms with Crippen LogP contribution in [-0.4, -0.2) is 26.1 Å². The van der Waals surface area contributed by atoms with E-state index in [9.17, 15) is 4.79 Å². The molecule has 3 rings (SSSR count). The summed E-state index contributed by atoms with van der Waals surface area (Å²) in [4.78, 5) is 11.8. The van der Waals surface area contributed by atoms with Gasteiger partial charge in [-0.05, 0) is 47.0 Å². The van der Waals surface area contributed by atoms with Crippen LogP contribution in [0.25, 0.3) is 5.69 Å². The molecule has 0 saturated heterocycles. The zero-order chi connectivity index (χ0) is 12.5. The molecular formula is C12H13N5O. The predicted octanol–water partition coefficient (Wildman–Crippen LogP) is 1.26. The standard InChI is InChI=1S/C12H13N5O/c1-8-6-11(8)12(18)14-9-2-4-10(5-3-9)17-7-13-15-16-17/h2-5,7-8,11H,6H2,1H3,(H,14,18)/t8-,11-/m0/s1. The van der Waals surface area contributed by atoms with Gasteiger partial charge in [0.1, 0.15) is 6.33 Å². The first kappa shape index (κ1) is 10.9. The van der Waals surface area contributed by atoms with E-state index in [0.29, 0.717) is 5.92 Å². The summed E-state index contributed by atoms with van der Waals surface area (Å²) in [6, 6.07) is 7.43. The fourth-order valence-electron chi connectivity index (χ4n) is 1.90. The molecule has 1 fully saturated rings. The highest BCUT2D eigenvalue weighted by Gasteiger charge is 2.38. The third-order valence-electron chi connectivity index (χ3n) is 3.19. The molecule has 0 aliphatic heterocycles. The van der Waals surface area contributed by atoms with E-state index in [4.69, 9.17) is 0 Å². The summed E-state index contributed by atoms with van der Waals surface area (Å²) in [5, 5.41) is 13.8. The molecule has 6 nitrogen and oxygen atoms in total. The molecule has 1 heterocycles. The number of hydrogen-bond acceptors (Lipinski definition) is 4. The van der Waals surface area contributed by atoms with Crippen LogP contribution in [-0.2, 0) is 4.79 Å². The van der Waals surface area contributed by atoms with Gasteiger partial charge >= 0.3 is 0 Å². The fraction of sp³-hybridized carbons (Fsp3) is 0.333. The Bertz CT molecular complexity index is 548. The Morgan fingerprint density at radius 2 is 2.11 bits per heavy atom. The molecule has 1 aliphatic carbocycles. The van der Waals surface area contributed by atoms with Crippen LogP contribution in [0.2, 0.25) is 0 Å². The molecule has 0 unspecified atom stereocenters. The van der Waals surface area contributed by atoms with Gasteiger partial charge in [-0.1, -0.05) is 6.92 Å². The molecule has 1 N–H and O–H groups in total. The Hall–Kier alpha value is -2.24. The van der Waals surface area contributed by atoms with Crippen molar-refractivity contribution in [2.75, 3.05) is 5.32 Å². The molecule has 0 spiro atoms. The van der Waals surface area contributed by atoms with Crippen molar-refractivity contribution in [3.05, 3.63) is 30.6 Å². The first-order valence-corrected chi connectivity index (χ1v) is 5.88. The second-order valence-corrected chi connectivity index (χ2v) is 4.61. The summed E-state index contributed by atoms with van der Waals surface area (Å²) in [6.07, 6.45) is 2.52. The molecule has 1 amide bonds. The molecule has 18 heavy (non-hydrogen) atoms. The van der Waals surface area contributed by atoms with Crippen molar-refractivity contribution in [2.24, 2.45) is 11.8 Å². The number of rotatable bonds is 3. The molecule has 1 aromatic heterocycles. The SMILES string of the molecule is C[C@H]1C[C@@H]1C(=O)Nc1ccc(-n2cnnn2)cc1. The van der Waals surface area contributed by atoms with Crippen molar-refractivity contribution in [1.29, 1.82) is 0 Å². The zero-order valence-corrected chi connectivity index (χ0v) is 9.95. The topological polar surface area (TPSA) is 72.7 Å². The molecule has 0 radical (unpaired) electrons. The van der Waals surface area contributed by atoms with Gasteiger partial charge in [-0.15, -0.1) is 5.10 Å². The average molecular weight is 243 g/mol. The highest BCUT2D eigenvalue weighted by Crippen LogP contribution is 2.38. The molecule has 1 aliphatic rings. The van der Waals surface area contributed by atoms with Crippen LogP contribution in [0.3, 0.4) is 0 Å². The number of anilines is 1. The summed E-state index contributed by atoms with van der Waals surface area (Å²) in [5.74, 6) is 0.812. The zero-order valence-electron chi connectivity index (χ0n) is 9.95. The Morgan fingerprint density at radius 3 is 2.67 bits per heavy atom. The van der Waals surface area contributed by atoms with E-state index in [-0.39, 0.29) is 11.8 Å². The quantitative estimate of drug-likeness (QED) is 0.880. The van der Waals surface area contributed by atoms with E-state index in [1.54, 1.807) is 4.68 Å². The lowest BCUT2D eigenvalue weighted by molar-refractivity contribution is -0.117. The smallest absolute Gasteiger partial charge is 0.227 e. The second-order valence-electron chi connectivity index (χ2n) is 4.61. The third kappa shape index (κ3) is 2.09. The van der Waals surface area contributed by atoms with Gasteiger partial charge in [0.15, 0.2) is 0 Å². The van der Waals surface area contributed by atoms with E-state index in [0.717, 1.165) is 17.8 Å². The number of amides is 1. The largest absolute Gasteiger partial charge is 0.326 e. The number of aromatic nitrogens is 4. The lowest BCUT2D eigenvalue weighted by Gasteiger charge is -2.05. The van der Waals surface area contributed by atoms with Crippen LogP contribution >= 0.6 is 0 Å². The fourth-order valence-corrected chi connectivity index (χ4v) is 1.90. The van der Waals surface area contributed by atoms with Gasteiger partial charge in [0.25, 0.3) is 0 Å². The number of tetrazole rings is 1. The van der Waals surface area contributed by atoms with Gasteiger partial charge in [-0.2, -0.15) is 0 Å². The Morgan fingerprint density at radius 1 is 1.39 bits per heavy atom. The van der Waals surface area contributed by atoms with E-state index in [1.165, 1.54) is 6.33 Å². The monoisotopic (exact) mass is 243 g/mol. The molecule has 92 valence electrons. The van der Waals surface area contributed by atoms with Crippen LogP contribution in [0, 0.1) is 11.8 Å². The van der Waals surface area contributed by atoms with Crippen molar-refractivity contribution in [3.8, 4) is 5.69 Å². The van der Waals surface area contributed by atoms with Crippen LogP contribution in [0.4, 0.5) is 5.69 Å². The molecule has 2 atom stereocenters. The number of hydrogen-bond donors (Lipinski definition) is 1. The number of nitrogens with one attached hydrogen (secondary N) is 1. The van der Waals surface area contributed by atoms with Gasteiger partial charge < -0.3 is 5.32 Å². The number of benzene rings is 1. The van der Waals surface area contributed by atoms with Crippen molar-refractivity contribution in [2.45, 2.75) is 13.3 Å². The van der Waals surface area contributed by atoms with Crippen LogP contribution < -0.4 is 5.32 Å². The van der Waals surface area contributed by atoms with E-state index < -0.39 is 0 Å². The van der Waals surface area contributed by atoms with Gasteiger partial charge in [-0.3, -0.25) is 4.79 Å². The number of nitrogens with zero attached hydrogens (tertiary/aromatic N) is 4. The first-order chi connectivity index (χ1) is 8.74. The molecule has 2 aromatic rings. The van der Waals surface area contributed by atoms with Crippen molar-refractivity contribution in [1.82, 2.24) is 20.2 Å². The Labute approximate surface area is 104 Å². The highest BCUT2D eigenvalue weighted by atomic mass is 16.2. The van der Waals surface area contributed by atoms with E-state index in [2.05, 4.69) is 27.8 Å². The van der Waals surface area contributed by atoms with Gasteiger partial charge in [0, 0.05) is 11.6 Å².